The number of aliphatic imine (C=N–C) groups is 1. The van der Waals surface area contributed by atoms with Gasteiger partial charge in [0.05, 0.1) is 23.9 Å². The highest BCUT2D eigenvalue weighted by molar-refractivity contribution is 7.68. The van der Waals surface area contributed by atoms with E-state index >= 15 is 0 Å². The fourth-order valence-electron chi connectivity index (χ4n) is 3.64. The molecule has 144 valence electrons. The van der Waals surface area contributed by atoms with E-state index in [9.17, 15) is 0 Å². The van der Waals surface area contributed by atoms with Crippen LogP contribution in [0.1, 0.15) is 48.5 Å². The number of fused-ring (bicyclic) bond motifs is 1. The summed E-state index contributed by atoms with van der Waals surface area (Å²) in [5, 5.41) is 1.31. The maximum absolute atomic E-state index is 6.55. The summed E-state index contributed by atoms with van der Waals surface area (Å²) in [7, 11) is 1.10. The number of benzene rings is 1. The summed E-state index contributed by atoms with van der Waals surface area (Å²) in [6.07, 6.45) is 0. The van der Waals surface area contributed by atoms with Crippen molar-refractivity contribution in [2.45, 2.75) is 65.5 Å². The third-order valence-corrected chi connectivity index (χ3v) is 8.82. The first-order valence-electron chi connectivity index (χ1n) is 9.41. The Bertz CT molecular complexity index is 706. The molecule has 3 atom stereocenters. The summed E-state index contributed by atoms with van der Waals surface area (Å²) < 4.78 is 18.3. The third kappa shape index (κ3) is 3.22. The lowest BCUT2D eigenvalue weighted by atomic mass is 9.94. The highest BCUT2D eigenvalue weighted by Gasteiger charge is 2.53. The lowest BCUT2D eigenvalue weighted by molar-refractivity contribution is 0.172. The highest BCUT2D eigenvalue weighted by Crippen LogP contribution is 2.64. The Morgan fingerprint density at radius 2 is 1.88 bits per heavy atom. The van der Waals surface area contributed by atoms with Crippen LogP contribution in [0, 0.1) is 11.3 Å². The quantitative estimate of drug-likeness (QED) is 0.708. The van der Waals surface area contributed by atoms with E-state index in [1.165, 1.54) is 5.30 Å². The first-order chi connectivity index (χ1) is 12.1. The molecule has 3 rings (SSSR count). The van der Waals surface area contributed by atoms with Gasteiger partial charge in [-0.3, -0.25) is 0 Å². The maximum Gasteiger partial charge on any atom is 0.193 e. The Hall–Kier alpha value is -1.28. The van der Waals surface area contributed by atoms with Gasteiger partial charge in [-0.2, -0.15) is 0 Å². The van der Waals surface area contributed by atoms with Crippen molar-refractivity contribution in [1.82, 2.24) is 0 Å². The zero-order chi connectivity index (χ0) is 19.3. The number of hydrogen-bond donors (Lipinski definition) is 0. The molecule has 0 aliphatic carbocycles. The van der Waals surface area contributed by atoms with E-state index in [1.54, 1.807) is 7.11 Å². The van der Waals surface area contributed by atoms with Crippen LogP contribution in [0.2, 0.25) is 0 Å². The molecule has 2 heterocycles. The van der Waals surface area contributed by atoms with Gasteiger partial charge in [0.1, 0.15) is 24.0 Å². The van der Waals surface area contributed by atoms with Crippen LogP contribution >= 0.6 is 7.92 Å². The summed E-state index contributed by atoms with van der Waals surface area (Å²) in [6.45, 7) is 16.4. The summed E-state index contributed by atoms with van der Waals surface area (Å²) in [5.41, 5.74) is -0.299. The van der Waals surface area contributed by atoms with Crippen LogP contribution in [0.4, 0.5) is 0 Å². The van der Waals surface area contributed by atoms with E-state index in [1.807, 2.05) is 12.1 Å². The molecule has 0 amide bonds. The number of nitrogens with zero attached hydrogens (tertiary/aromatic N) is 1. The van der Waals surface area contributed by atoms with Gasteiger partial charge in [-0.05, 0) is 45.0 Å². The minimum Gasteiger partial charge on any atom is -0.496 e. The van der Waals surface area contributed by atoms with E-state index in [4.69, 9.17) is 19.2 Å². The van der Waals surface area contributed by atoms with Crippen LogP contribution in [0.15, 0.2) is 23.2 Å². The monoisotopic (exact) mass is 377 g/mol. The van der Waals surface area contributed by atoms with E-state index in [-0.39, 0.29) is 22.5 Å². The van der Waals surface area contributed by atoms with Gasteiger partial charge in [0.2, 0.25) is 0 Å². The van der Waals surface area contributed by atoms with Crippen molar-refractivity contribution in [2.75, 3.05) is 13.7 Å². The van der Waals surface area contributed by atoms with Crippen molar-refractivity contribution in [3.8, 4) is 11.5 Å². The number of rotatable bonds is 4. The predicted octanol–water partition coefficient (Wildman–Crippen LogP) is 4.80. The molecule has 2 unspecified atom stereocenters. The largest absolute Gasteiger partial charge is 0.496 e. The minimum absolute atomic E-state index is 0.00784. The van der Waals surface area contributed by atoms with Crippen LogP contribution < -0.4 is 14.8 Å². The molecule has 0 saturated heterocycles. The molecule has 0 N–H and O–H groups in total. The van der Waals surface area contributed by atoms with Gasteiger partial charge in [0, 0.05) is 0 Å². The molecular formula is C21H32NO3P. The second-order valence-electron chi connectivity index (χ2n) is 9.10. The smallest absolute Gasteiger partial charge is 0.193 e. The SMILES string of the molecule is COc1cccc2c1[P@](C(C)(C)C)C(C(C)(C)C1=NC(C(C)C)CO1)O2. The topological polar surface area (TPSA) is 40.0 Å². The van der Waals surface area contributed by atoms with Crippen LogP contribution in [-0.2, 0) is 4.74 Å². The Morgan fingerprint density at radius 1 is 1.19 bits per heavy atom. The molecule has 0 bridgehead atoms. The van der Waals surface area contributed by atoms with E-state index in [0.717, 1.165) is 17.4 Å². The Labute approximate surface area is 159 Å². The number of methoxy groups -OCH3 is 1. The van der Waals surface area contributed by atoms with Gasteiger partial charge in [-0.25, -0.2) is 4.99 Å². The average molecular weight is 377 g/mol. The molecule has 0 fully saturated rings. The summed E-state index contributed by atoms with van der Waals surface area (Å²) >= 11 is 0. The van der Waals surface area contributed by atoms with Gasteiger partial charge >= 0.3 is 0 Å². The fraction of sp³-hybridized carbons (Fsp3) is 0.667. The summed E-state index contributed by atoms with van der Waals surface area (Å²) in [4.78, 5) is 4.92. The molecular weight excluding hydrogens is 345 g/mol. The molecule has 1 aromatic rings. The molecule has 26 heavy (non-hydrogen) atoms. The Kier molecular flexibility index (Phi) is 5.03. The van der Waals surface area contributed by atoms with Crippen molar-refractivity contribution in [2.24, 2.45) is 16.3 Å². The van der Waals surface area contributed by atoms with Crippen LogP contribution in [0.25, 0.3) is 0 Å². The van der Waals surface area contributed by atoms with Crippen molar-refractivity contribution < 1.29 is 14.2 Å². The van der Waals surface area contributed by atoms with E-state index in [2.05, 4.69) is 54.5 Å². The van der Waals surface area contributed by atoms with E-state index in [0.29, 0.717) is 12.5 Å². The molecule has 2 aliphatic heterocycles. The average Bonchev–Trinajstić information content (AvgIpc) is 3.19. The normalized spacial score (nSPS) is 25.6. The summed E-state index contributed by atoms with van der Waals surface area (Å²) in [5.74, 6) is 3.20. The van der Waals surface area contributed by atoms with Crippen LogP contribution in [-0.4, -0.2) is 36.7 Å². The van der Waals surface area contributed by atoms with Gasteiger partial charge < -0.3 is 14.2 Å². The Balaban J connectivity index is 2.03. The molecule has 0 aromatic heterocycles. The second-order valence-corrected chi connectivity index (χ2v) is 12.1. The highest BCUT2D eigenvalue weighted by atomic mass is 31.1. The van der Waals surface area contributed by atoms with Crippen molar-refractivity contribution in [3.63, 3.8) is 0 Å². The molecule has 1 aromatic carbocycles. The van der Waals surface area contributed by atoms with Gasteiger partial charge in [-0.15, -0.1) is 0 Å². The lowest BCUT2D eigenvalue weighted by Crippen LogP contribution is -2.41. The molecule has 4 nitrogen and oxygen atoms in total. The molecule has 0 radical (unpaired) electrons. The van der Waals surface area contributed by atoms with Crippen LogP contribution in [0.3, 0.4) is 0 Å². The predicted molar refractivity (Wildman–Crippen MR) is 110 cm³/mol. The molecule has 0 saturated carbocycles. The first-order valence-corrected chi connectivity index (χ1v) is 10.8. The number of hydrogen-bond acceptors (Lipinski definition) is 4. The first kappa shape index (κ1) is 19.5. The van der Waals surface area contributed by atoms with Gasteiger partial charge in [0.25, 0.3) is 0 Å². The van der Waals surface area contributed by atoms with Crippen molar-refractivity contribution in [3.05, 3.63) is 18.2 Å². The van der Waals surface area contributed by atoms with Crippen molar-refractivity contribution >= 4 is 19.1 Å². The second kappa shape index (κ2) is 6.71. The number of ether oxygens (including phenoxy) is 3. The standard InChI is InChI=1S/C21H32NO3P/c1-13(2)14-12-24-18(22-14)21(6,7)19-25-16-11-9-10-15(23-8)17(16)26(19)20(3,4)5/h9-11,13-14,19H,12H2,1-8H3/t14?,19?,26-/m0/s1. The van der Waals surface area contributed by atoms with E-state index < -0.39 is 7.92 Å². The third-order valence-electron chi connectivity index (χ3n) is 5.23. The molecule has 5 heteroatoms. The van der Waals surface area contributed by atoms with Crippen molar-refractivity contribution in [1.29, 1.82) is 0 Å². The fourth-order valence-corrected chi connectivity index (χ4v) is 6.99. The van der Waals surface area contributed by atoms with Gasteiger partial charge in [-0.1, -0.05) is 40.7 Å². The van der Waals surface area contributed by atoms with Gasteiger partial charge in [0.15, 0.2) is 5.90 Å². The zero-order valence-corrected chi connectivity index (χ0v) is 18.2. The zero-order valence-electron chi connectivity index (χ0n) is 17.3. The minimum atomic E-state index is -0.634. The molecule has 2 aliphatic rings. The summed E-state index contributed by atoms with van der Waals surface area (Å²) in [6, 6.07) is 6.34. The lowest BCUT2D eigenvalue weighted by Gasteiger charge is -2.39. The Morgan fingerprint density at radius 3 is 2.42 bits per heavy atom. The van der Waals surface area contributed by atoms with Crippen LogP contribution in [0.5, 0.6) is 11.5 Å². The maximum atomic E-state index is 6.55. The molecule has 0 spiro atoms.